The highest BCUT2D eigenvalue weighted by Crippen LogP contribution is 2.24. The number of hydrogen-bond acceptors (Lipinski definition) is 1. The largest absolute Gasteiger partial charge is 0.337 e. The molecule has 0 aliphatic rings. The monoisotopic (exact) mass is 214 g/mol. The molecule has 0 aromatic heterocycles. The zero-order valence-electron chi connectivity index (χ0n) is 5.99. The fraction of sp³-hybridized carbons (Fsp3) is 1.00. The molecule has 13 heavy (non-hydrogen) atoms. The van der Waals surface area contributed by atoms with Crippen molar-refractivity contribution in [2.75, 3.05) is 6.61 Å². The summed E-state index contributed by atoms with van der Waals surface area (Å²) >= 11 is 0. The number of hydrogen-bond donors (Lipinski definition) is 0. The lowest BCUT2D eigenvalue weighted by atomic mass is 10.4. The van der Waals surface area contributed by atoms with E-state index < -0.39 is 31.7 Å². The minimum atomic E-state index is -4.61. The number of ether oxygens (including phenoxy) is 1. The van der Waals surface area contributed by atoms with E-state index in [1.165, 1.54) is 0 Å². The lowest BCUT2D eigenvalue weighted by molar-refractivity contribution is -0.212. The summed E-state index contributed by atoms with van der Waals surface area (Å²) in [5, 5.41) is 0. The molecule has 0 saturated heterocycles. The van der Waals surface area contributed by atoms with Gasteiger partial charge in [-0.2, -0.15) is 8.78 Å². The summed E-state index contributed by atoms with van der Waals surface area (Å²) in [6.07, 6.45) is -11.0. The second-order valence-electron chi connectivity index (χ2n) is 2.06. The molecule has 0 bridgehead atoms. The Kier molecular flexibility index (Phi) is 4.45. The third-order valence-corrected chi connectivity index (χ3v) is 0.952. The van der Waals surface area contributed by atoms with Crippen molar-refractivity contribution in [1.29, 1.82) is 0 Å². The summed E-state index contributed by atoms with van der Waals surface area (Å²) in [6.45, 7) is -2.07. The Balaban J connectivity index is 3.88. The van der Waals surface area contributed by atoms with Crippen molar-refractivity contribution in [3.05, 3.63) is 0 Å². The van der Waals surface area contributed by atoms with Crippen molar-refractivity contribution in [2.45, 2.75) is 25.1 Å². The summed E-state index contributed by atoms with van der Waals surface area (Å²) in [6, 6.07) is 0. The quantitative estimate of drug-likeness (QED) is 0.638. The SMILES string of the molecule is FC(F)C(F)OCC(F)(F)C(F)F. The molecule has 1 nitrogen and oxygen atoms in total. The number of halogens is 7. The molecule has 0 rings (SSSR count). The molecule has 80 valence electrons. The Bertz CT molecular complexity index is 148. The van der Waals surface area contributed by atoms with Crippen LogP contribution in [0.4, 0.5) is 30.7 Å². The fourth-order valence-corrected chi connectivity index (χ4v) is 0.326. The average molecular weight is 214 g/mol. The average Bonchev–Trinajstić information content (AvgIpc) is 1.99. The minimum Gasteiger partial charge on any atom is -0.337 e. The smallest absolute Gasteiger partial charge is 0.330 e. The molecule has 0 amide bonds. The molecule has 0 heterocycles. The van der Waals surface area contributed by atoms with Gasteiger partial charge in [0, 0.05) is 0 Å². The van der Waals surface area contributed by atoms with E-state index in [4.69, 9.17) is 0 Å². The van der Waals surface area contributed by atoms with Crippen LogP contribution in [0.15, 0.2) is 0 Å². The zero-order chi connectivity index (χ0) is 10.6. The van der Waals surface area contributed by atoms with Gasteiger partial charge in [0.15, 0.2) is 0 Å². The van der Waals surface area contributed by atoms with E-state index in [1.807, 2.05) is 0 Å². The third kappa shape index (κ3) is 4.30. The molecular weight excluding hydrogens is 209 g/mol. The van der Waals surface area contributed by atoms with Crippen molar-refractivity contribution >= 4 is 0 Å². The van der Waals surface area contributed by atoms with Crippen LogP contribution in [0.3, 0.4) is 0 Å². The predicted molar refractivity (Wildman–Crippen MR) is 27.8 cm³/mol. The fourth-order valence-electron chi connectivity index (χ4n) is 0.326. The summed E-state index contributed by atoms with van der Waals surface area (Å²) < 4.78 is 83.9. The van der Waals surface area contributed by atoms with Crippen LogP contribution in [0.1, 0.15) is 0 Å². The summed E-state index contributed by atoms with van der Waals surface area (Å²) in [7, 11) is 0. The molecule has 0 N–H and O–H groups in total. The van der Waals surface area contributed by atoms with Gasteiger partial charge in [-0.25, -0.2) is 22.0 Å². The van der Waals surface area contributed by atoms with Gasteiger partial charge in [0.25, 0.3) is 12.8 Å². The van der Waals surface area contributed by atoms with E-state index in [0.29, 0.717) is 0 Å². The molecule has 0 saturated carbocycles. The van der Waals surface area contributed by atoms with Crippen LogP contribution in [0.2, 0.25) is 0 Å². The van der Waals surface area contributed by atoms with Crippen LogP contribution in [0.25, 0.3) is 0 Å². The molecule has 1 atom stereocenters. The van der Waals surface area contributed by atoms with Crippen molar-refractivity contribution in [1.82, 2.24) is 0 Å². The van der Waals surface area contributed by atoms with E-state index in [1.54, 1.807) is 0 Å². The first-order valence-electron chi connectivity index (χ1n) is 2.97. The van der Waals surface area contributed by atoms with Gasteiger partial charge < -0.3 is 4.74 Å². The van der Waals surface area contributed by atoms with Gasteiger partial charge in [-0.05, 0) is 0 Å². The van der Waals surface area contributed by atoms with Gasteiger partial charge in [-0.3, -0.25) is 0 Å². The number of alkyl halides is 7. The van der Waals surface area contributed by atoms with Gasteiger partial charge in [0.1, 0.15) is 6.61 Å². The highest BCUT2D eigenvalue weighted by atomic mass is 19.3. The van der Waals surface area contributed by atoms with E-state index in [0.717, 1.165) is 0 Å². The van der Waals surface area contributed by atoms with Crippen molar-refractivity contribution in [2.24, 2.45) is 0 Å². The molecule has 0 radical (unpaired) electrons. The maximum absolute atomic E-state index is 11.9. The van der Waals surface area contributed by atoms with E-state index >= 15 is 0 Å². The summed E-state index contributed by atoms with van der Waals surface area (Å²) in [5.41, 5.74) is 0. The Labute approximate surface area is 68.5 Å². The summed E-state index contributed by atoms with van der Waals surface area (Å²) in [4.78, 5) is 0. The van der Waals surface area contributed by atoms with Crippen LogP contribution < -0.4 is 0 Å². The first-order valence-corrected chi connectivity index (χ1v) is 2.97. The molecular formula is C5H5F7O. The first-order chi connectivity index (χ1) is 5.77. The van der Waals surface area contributed by atoms with Crippen LogP contribution in [-0.2, 0) is 4.74 Å². The van der Waals surface area contributed by atoms with Crippen LogP contribution in [0, 0.1) is 0 Å². The van der Waals surface area contributed by atoms with Crippen molar-refractivity contribution < 1.29 is 35.5 Å². The van der Waals surface area contributed by atoms with Crippen LogP contribution in [-0.4, -0.2) is 31.7 Å². The Morgan fingerprint density at radius 3 is 1.77 bits per heavy atom. The predicted octanol–water partition coefficient (Wildman–Crippen LogP) is 2.46. The lowest BCUT2D eigenvalue weighted by Gasteiger charge is -2.16. The van der Waals surface area contributed by atoms with Gasteiger partial charge in [0.05, 0.1) is 0 Å². The van der Waals surface area contributed by atoms with Crippen molar-refractivity contribution in [3.8, 4) is 0 Å². The Hall–Kier alpha value is -0.530. The zero-order valence-corrected chi connectivity index (χ0v) is 5.99. The molecule has 0 aromatic rings. The lowest BCUT2D eigenvalue weighted by Crippen LogP contribution is -2.35. The molecule has 1 unspecified atom stereocenters. The highest BCUT2D eigenvalue weighted by Gasteiger charge is 2.42. The van der Waals surface area contributed by atoms with Crippen LogP contribution in [0.5, 0.6) is 0 Å². The first kappa shape index (κ1) is 12.5. The molecule has 0 aliphatic heterocycles. The van der Waals surface area contributed by atoms with Crippen molar-refractivity contribution in [3.63, 3.8) is 0 Å². The molecule has 8 heteroatoms. The standard InChI is InChI=1S/C5H5F7O/c6-2(7)3(8)13-1-5(11,12)4(9)10/h2-4H,1H2. The van der Waals surface area contributed by atoms with Gasteiger partial charge in [-0.15, -0.1) is 0 Å². The topological polar surface area (TPSA) is 9.23 Å². The second-order valence-corrected chi connectivity index (χ2v) is 2.06. The molecule has 0 spiro atoms. The van der Waals surface area contributed by atoms with E-state index in [2.05, 4.69) is 4.74 Å². The minimum absolute atomic E-state index is 2.07. The third-order valence-electron chi connectivity index (χ3n) is 0.952. The Morgan fingerprint density at radius 1 is 1.00 bits per heavy atom. The second kappa shape index (κ2) is 4.64. The normalized spacial score (nSPS) is 15.5. The van der Waals surface area contributed by atoms with Gasteiger partial charge in [-0.1, -0.05) is 0 Å². The van der Waals surface area contributed by atoms with Gasteiger partial charge >= 0.3 is 12.3 Å². The maximum Gasteiger partial charge on any atom is 0.330 e. The maximum atomic E-state index is 11.9. The van der Waals surface area contributed by atoms with Crippen LogP contribution >= 0.6 is 0 Å². The highest BCUT2D eigenvalue weighted by molar-refractivity contribution is 4.68. The van der Waals surface area contributed by atoms with E-state index in [9.17, 15) is 30.7 Å². The molecule has 0 aliphatic carbocycles. The van der Waals surface area contributed by atoms with E-state index in [-0.39, 0.29) is 0 Å². The summed E-state index contributed by atoms with van der Waals surface area (Å²) in [5.74, 6) is -4.61. The molecule has 0 fully saturated rings. The molecule has 0 aromatic carbocycles. The number of rotatable bonds is 5. The van der Waals surface area contributed by atoms with Gasteiger partial charge in [0.2, 0.25) is 0 Å². The Morgan fingerprint density at radius 2 is 1.46 bits per heavy atom.